The van der Waals surface area contributed by atoms with Crippen molar-refractivity contribution in [3.8, 4) is 5.75 Å². The van der Waals surface area contributed by atoms with Crippen LogP contribution in [0, 0.1) is 6.92 Å². The minimum atomic E-state index is 0.492. The molecular weight excluding hydrogens is 256 g/mol. The molecule has 3 aromatic rings. The van der Waals surface area contributed by atoms with Crippen LogP contribution in [-0.2, 0) is 6.61 Å². The van der Waals surface area contributed by atoms with Gasteiger partial charge in [0.15, 0.2) is 0 Å². The van der Waals surface area contributed by atoms with E-state index in [0.717, 1.165) is 32.9 Å². The average molecular weight is 270 g/mol. The summed E-state index contributed by atoms with van der Waals surface area (Å²) in [6, 6.07) is 11.8. The standard InChI is InChI=1S/C15H14N2OS/c1-10-9-19-15(17-10)8-18-14-7-6-13(16)11-4-2-3-5-12(11)14/h2-7,9H,8,16H2,1H3. The third-order valence-corrected chi connectivity index (χ3v) is 3.88. The Morgan fingerprint density at radius 2 is 1.95 bits per heavy atom. The number of benzene rings is 2. The summed E-state index contributed by atoms with van der Waals surface area (Å²) in [5.41, 5.74) is 7.77. The Morgan fingerprint density at radius 3 is 2.68 bits per heavy atom. The first-order valence-electron chi connectivity index (χ1n) is 6.05. The first-order valence-corrected chi connectivity index (χ1v) is 6.93. The molecule has 0 bridgehead atoms. The van der Waals surface area contributed by atoms with Crippen LogP contribution in [0.25, 0.3) is 10.8 Å². The van der Waals surface area contributed by atoms with Gasteiger partial charge in [0.2, 0.25) is 0 Å². The van der Waals surface area contributed by atoms with Crippen LogP contribution in [-0.4, -0.2) is 4.98 Å². The average Bonchev–Trinajstić information content (AvgIpc) is 2.84. The van der Waals surface area contributed by atoms with Gasteiger partial charge in [-0.25, -0.2) is 4.98 Å². The molecular formula is C15H14N2OS. The molecule has 0 spiro atoms. The zero-order chi connectivity index (χ0) is 13.2. The lowest BCUT2D eigenvalue weighted by atomic mass is 10.1. The van der Waals surface area contributed by atoms with Crippen molar-refractivity contribution in [1.29, 1.82) is 0 Å². The molecule has 2 aromatic carbocycles. The topological polar surface area (TPSA) is 48.1 Å². The van der Waals surface area contributed by atoms with Crippen LogP contribution >= 0.6 is 11.3 Å². The number of aryl methyl sites for hydroxylation is 1. The van der Waals surface area contributed by atoms with E-state index in [1.54, 1.807) is 11.3 Å². The number of anilines is 1. The van der Waals surface area contributed by atoms with E-state index in [4.69, 9.17) is 10.5 Å². The maximum atomic E-state index is 5.97. The van der Waals surface area contributed by atoms with Crippen molar-refractivity contribution in [2.24, 2.45) is 0 Å². The summed E-state index contributed by atoms with van der Waals surface area (Å²) in [6.07, 6.45) is 0. The van der Waals surface area contributed by atoms with Gasteiger partial charge >= 0.3 is 0 Å². The number of aromatic nitrogens is 1. The Balaban J connectivity index is 1.91. The number of hydrogen-bond acceptors (Lipinski definition) is 4. The van der Waals surface area contributed by atoms with E-state index < -0.39 is 0 Å². The summed E-state index contributed by atoms with van der Waals surface area (Å²) in [4.78, 5) is 4.39. The van der Waals surface area contributed by atoms with Gasteiger partial charge in [0, 0.05) is 27.5 Å². The molecule has 3 rings (SSSR count). The summed E-state index contributed by atoms with van der Waals surface area (Å²) in [7, 11) is 0. The lowest BCUT2D eigenvalue weighted by Crippen LogP contribution is -1.96. The smallest absolute Gasteiger partial charge is 0.140 e. The van der Waals surface area contributed by atoms with E-state index in [-0.39, 0.29) is 0 Å². The van der Waals surface area contributed by atoms with Crippen LogP contribution in [0.2, 0.25) is 0 Å². The second-order valence-corrected chi connectivity index (χ2v) is 5.31. The lowest BCUT2D eigenvalue weighted by molar-refractivity contribution is 0.309. The van der Waals surface area contributed by atoms with Gasteiger partial charge in [-0.1, -0.05) is 24.3 Å². The van der Waals surface area contributed by atoms with E-state index in [1.165, 1.54) is 0 Å². The summed E-state index contributed by atoms with van der Waals surface area (Å²) >= 11 is 1.62. The molecule has 1 aromatic heterocycles. The zero-order valence-corrected chi connectivity index (χ0v) is 11.4. The molecule has 0 saturated heterocycles. The third kappa shape index (κ3) is 2.39. The lowest BCUT2D eigenvalue weighted by Gasteiger charge is -2.09. The van der Waals surface area contributed by atoms with Crippen LogP contribution in [0.15, 0.2) is 41.8 Å². The molecule has 0 radical (unpaired) electrons. The fraction of sp³-hybridized carbons (Fsp3) is 0.133. The zero-order valence-electron chi connectivity index (χ0n) is 10.6. The molecule has 96 valence electrons. The van der Waals surface area contributed by atoms with Crippen LogP contribution in [0.3, 0.4) is 0 Å². The van der Waals surface area contributed by atoms with E-state index in [2.05, 4.69) is 4.98 Å². The minimum absolute atomic E-state index is 0.492. The molecule has 0 unspecified atom stereocenters. The number of fused-ring (bicyclic) bond motifs is 1. The van der Waals surface area contributed by atoms with Crippen LogP contribution in [0.4, 0.5) is 5.69 Å². The number of rotatable bonds is 3. The summed E-state index contributed by atoms with van der Waals surface area (Å²) in [5.74, 6) is 0.845. The fourth-order valence-electron chi connectivity index (χ4n) is 2.03. The van der Waals surface area contributed by atoms with Crippen molar-refractivity contribution in [1.82, 2.24) is 4.98 Å². The summed E-state index contributed by atoms with van der Waals surface area (Å²) in [5, 5.41) is 5.07. The highest BCUT2D eigenvalue weighted by Gasteiger charge is 2.06. The maximum Gasteiger partial charge on any atom is 0.140 e. The highest BCUT2D eigenvalue weighted by Crippen LogP contribution is 2.30. The summed E-state index contributed by atoms with van der Waals surface area (Å²) < 4.78 is 5.87. The molecule has 4 heteroatoms. The first-order chi connectivity index (χ1) is 9.24. The maximum absolute atomic E-state index is 5.97. The van der Waals surface area contributed by atoms with Gasteiger partial charge in [0.1, 0.15) is 17.4 Å². The largest absolute Gasteiger partial charge is 0.486 e. The molecule has 0 amide bonds. The Morgan fingerprint density at radius 1 is 1.16 bits per heavy atom. The fourth-order valence-corrected chi connectivity index (χ4v) is 2.71. The number of ether oxygens (including phenoxy) is 1. The van der Waals surface area contributed by atoms with Gasteiger partial charge in [-0.05, 0) is 19.1 Å². The third-order valence-electron chi connectivity index (χ3n) is 2.94. The van der Waals surface area contributed by atoms with Crippen LogP contribution in [0.1, 0.15) is 10.7 Å². The van der Waals surface area contributed by atoms with Gasteiger partial charge < -0.3 is 10.5 Å². The second-order valence-electron chi connectivity index (χ2n) is 4.37. The predicted molar refractivity (Wildman–Crippen MR) is 79.5 cm³/mol. The van der Waals surface area contributed by atoms with Gasteiger partial charge in [0.25, 0.3) is 0 Å². The quantitative estimate of drug-likeness (QED) is 0.737. The molecule has 1 heterocycles. The Labute approximate surface area is 115 Å². The number of nitrogens with two attached hydrogens (primary N) is 1. The van der Waals surface area contributed by atoms with Crippen molar-refractivity contribution in [2.75, 3.05) is 5.73 Å². The van der Waals surface area contributed by atoms with Crippen molar-refractivity contribution in [3.63, 3.8) is 0 Å². The van der Waals surface area contributed by atoms with Crippen molar-refractivity contribution in [3.05, 3.63) is 52.5 Å². The molecule has 0 fully saturated rings. The number of hydrogen-bond donors (Lipinski definition) is 1. The van der Waals surface area contributed by atoms with Gasteiger partial charge in [0.05, 0.1) is 0 Å². The van der Waals surface area contributed by atoms with Crippen molar-refractivity contribution >= 4 is 27.8 Å². The van der Waals surface area contributed by atoms with Gasteiger partial charge in [-0.2, -0.15) is 0 Å². The van der Waals surface area contributed by atoms with Gasteiger partial charge in [-0.3, -0.25) is 0 Å². The van der Waals surface area contributed by atoms with Crippen LogP contribution < -0.4 is 10.5 Å². The minimum Gasteiger partial charge on any atom is -0.486 e. The molecule has 0 aliphatic heterocycles. The van der Waals surface area contributed by atoms with Crippen molar-refractivity contribution in [2.45, 2.75) is 13.5 Å². The molecule has 0 aliphatic carbocycles. The predicted octanol–water partition coefficient (Wildman–Crippen LogP) is 3.77. The monoisotopic (exact) mass is 270 g/mol. The van der Waals surface area contributed by atoms with Crippen LogP contribution in [0.5, 0.6) is 5.75 Å². The first kappa shape index (κ1) is 12.0. The highest BCUT2D eigenvalue weighted by atomic mass is 32.1. The number of nitrogen functional groups attached to an aromatic ring is 1. The second kappa shape index (κ2) is 4.90. The Hall–Kier alpha value is -2.07. The Kier molecular flexibility index (Phi) is 3.09. The highest BCUT2D eigenvalue weighted by molar-refractivity contribution is 7.09. The Bertz CT molecular complexity index is 721. The molecule has 0 atom stereocenters. The van der Waals surface area contributed by atoms with Crippen molar-refractivity contribution < 1.29 is 4.74 Å². The molecule has 0 aliphatic rings. The number of thiazole rings is 1. The normalized spacial score (nSPS) is 10.8. The van der Waals surface area contributed by atoms with E-state index in [9.17, 15) is 0 Å². The van der Waals surface area contributed by atoms with E-state index in [1.807, 2.05) is 48.7 Å². The molecule has 19 heavy (non-hydrogen) atoms. The molecule has 0 saturated carbocycles. The van der Waals surface area contributed by atoms with E-state index >= 15 is 0 Å². The van der Waals surface area contributed by atoms with E-state index in [0.29, 0.717) is 6.61 Å². The summed E-state index contributed by atoms with van der Waals surface area (Å²) in [6.45, 7) is 2.48. The molecule has 3 nitrogen and oxygen atoms in total. The SMILES string of the molecule is Cc1csc(COc2ccc(N)c3ccccc23)n1. The number of nitrogens with zero attached hydrogens (tertiary/aromatic N) is 1. The van der Waals surface area contributed by atoms with Gasteiger partial charge in [-0.15, -0.1) is 11.3 Å². The molecule has 2 N–H and O–H groups in total.